The van der Waals surface area contributed by atoms with Crippen molar-refractivity contribution in [2.24, 2.45) is 0 Å². The lowest BCUT2D eigenvalue weighted by atomic mass is 10.0. The molecule has 0 aliphatic heterocycles. The number of nitrogens with one attached hydrogen (secondary N) is 2. The highest BCUT2D eigenvalue weighted by molar-refractivity contribution is 5.96. The lowest BCUT2D eigenvalue weighted by molar-refractivity contribution is 0.0691. The molecule has 0 spiro atoms. The summed E-state index contributed by atoms with van der Waals surface area (Å²) in [6.45, 7) is 3.73. The van der Waals surface area contributed by atoms with Gasteiger partial charge in [0.05, 0.1) is 30.0 Å². The molecule has 1 aromatic heterocycles. The van der Waals surface area contributed by atoms with Crippen molar-refractivity contribution in [3.05, 3.63) is 76.0 Å². The van der Waals surface area contributed by atoms with Gasteiger partial charge in [0.2, 0.25) is 5.95 Å². The van der Waals surface area contributed by atoms with E-state index in [2.05, 4.69) is 26.7 Å². The fourth-order valence-corrected chi connectivity index (χ4v) is 3.42. The summed E-state index contributed by atoms with van der Waals surface area (Å²) in [5.74, 6) is -0.909. The smallest absolute Gasteiger partial charge is 0.341 e. The highest BCUT2D eigenvalue weighted by Crippen LogP contribution is 2.30. The number of carboxylic acid groups (broad SMARTS) is 1. The lowest BCUT2D eigenvalue weighted by Gasteiger charge is -2.18. The van der Waals surface area contributed by atoms with Crippen molar-refractivity contribution in [2.75, 3.05) is 17.7 Å². The first kappa shape index (κ1) is 23.9. The molecule has 0 aliphatic rings. The van der Waals surface area contributed by atoms with Crippen molar-refractivity contribution in [2.45, 2.75) is 20.5 Å². The average molecular weight is 454 g/mol. The summed E-state index contributed by atoms with van der Waals surface area (Å²) in [5, 5.41) is 33.9. The summed E-state index contributed by atoms with van der Waals surface area (Å²) in [5.41, 5.74) is 4.50. The summed E-state index contributed by atoms with van der Waals surface area (Å²) < 4.78 is 5.18. The molecule has 2 aromatic carbocycles. The van der Waals surface area contributed by atoms with Gasteiger partial charge in [-0.05, 0) is 73.0 Å². The topological polar surface area (TPSA) is 144 Å². The minimum absolute atomic E-state index is 0.0310. The fourth-order valence-electron chi connectivity index (χ4n) is 3.42. The maximum atomic E-state index is 12.1. The van der Waals surface area contributed by atoms with Crippen molar-refractivity contribution >= 4 is 35.2 Å². The van der Waals surface area contributed by atoms with Crippen LogP contribution in [0.2, 0.25) is 0 Å². The van der Waals surface area contributed by atoms with E-state index in [0.29, 0.717) is 16.9 Å². The van der Waals surface area contributed by atoms with Crippen LogP contribution in [0.4, 0.5) is 23.1 Å². The molecule has 3 N–H and O–H groups in total. The molecule has 0 unspecified atom stereocenters. The van der Waals surface area contributed by atoms with Crippen LogP contribution in [0.5, 0.6) is 0 Å². The quantitative estimate of drug-likeness (QED) is 0.407. The van der Waals surface area contributed by atoms with Crippen LogP contribution < -0.4 is 10.6 Å². The summed E-state index contributed by atoms with van der Waals surface area (Å²) in [6.07, 6.45) is 3.10. The maximum absolute atomic E-state index is 12.1. The zero-order chi connectivity index (χ0) is 24.7. The first-order valence-electron chi connectivity index (χ1n) is 10.2. The largest absolute Gasteiger partial charge is 0.477 e. The number of hydrogen-bond donors (Lipinski definition) is 3. The Morgan fingerprint density at radius 3 is 2.35 bits per heavy atom. The molecule has 0 fully saturated rings. The number of methoxy groups -OCH3 is 1. The minimum atomic E-state index is -1.19. The Kier molecular flexibility index (Phi) is 7.55. The molecule has 0 aliphatic carbocycles. The van der Waals surface area contributed by atoms with Gasteiger partial charge < -0.3 is 20.5 Å². The van der Waals surface area contributed by atoms with Gasteiger partial charge >= 0.3 is 5.97 Å². The van der Waals surface area contributed by atoms with E-state index in [-0.39, 0.29) is 29.6 Å². The van der Waals surface area contributed by atoms with Gasteiger partial charge in [0.1, 0.15) is 5.56 Å². The molecule has 3 aromatic rings. The molecule has 34 heavy (non-hydrogen) atoms. The first-order chi connectivity index (χ1) is 16.4. The second-order valence-corrected chi connectivity index (χ2v) is 7.39. The predicted molar refractivity (Wildman–Crippen MR) is 128 cm³/mol. The number of carbonyl (C=O) groups is 1. The number of rotatable bonds is 8. The Balaban J connectivity index is 2.07. The van der Waals surface area contributed by atoms with E-state index in [9.17, 15) is 9.90 Å². The summed E-state index contributed by atoms with van der Waals surface area (Å²) in [7, 11) is 1.45. The molecule has 3 rings (SSSR count). The van der Waals surface area contributed by atoms with Gasteiger partial charge in [-0.3, -0.25) is 0 Å². The number of nitriles is 2. The molecule has 0 saturated heterocycles. The number of carboxylic acids is 1. The van der Waals surface area contributed by atoms with Gasteiger partial charge in [-0.15, -0.1) is 0 Å². The van der Waals surface area contributed by atoms with Crippen LogP contribution in [-0.4, -0.2) is 28.2 Å². The second kappa shape index (κ2) is 10.7. The van der Waals surface area contributed by atoms with Crippen molar-refractivity contribution in [3.63, 3.8) is 0 Å². The van der Waals surface area contributed by atoms with E-state index < -0.39 is 5.97 Å². The summed E-state index contributed by atoms with van der Waals surface area (Å²) >= 11 is 0. The van der Waals surface area contributed by atoms with Crippen molar-refractivity contribution < 1.29 is 14.6 Å². The Labute approximate surface area is 197 Å². The lowest BCUT2D eigenvalue weighted by Crippen LogP contribution is -2.14. The number of ether oxygens (including phenoxy) is 1. The van der Waals surface area contributed by atoms with Crippen molar-refractivity contribution in [3.8, 4) is 12.1 Å². The molecule has 0 amide bonds. The van der Waals surface area contributed by atoms with Crippen LogP contribution in [-0.2, 0) is 11.3 Å². The Bertz CT molecular complexity index is 1310. The number of nitrogens with zero attached hydrogens (tertiary/aromatic N) is 4. The molecule has 170 valence electrons. The van der Waals surface area contributed by atoms with Gasteiger partial charge in [0, 0.05) is 24.6 Å². The Morgan fingerprint density at radius 2 is 1.79 bits per heavy atom. The number of aromatic nitrogens is 2. The van der Waals surface area contributed by atoms with E-state index in [1.54, 1.807) is 30.3 Å². The number of benzene rings is 2. The van der Waals surface area contributed by atoms with Crippen LogP contribution in [0, 0.1) is 36.5 Å². The number of anilines is 4. The average Bonchev–Trinajstić information content (AvgIpc) is 2.80. The van der Waals surface area contributed by atoms with E-state index in [0.717, 1.165) is 16.7 Å². The Morgan fingerprint density at radius 1 is 1.12 bits per heavy atom. The van der Waals surface area contributed by atoms with Gasteiger partial charge in [-0.1, -0.05) is 0 Å². The van der Waals surface area contributed by atoms with E-state index in [1.165, 1.54) is 13.2 Å². The monoisotopic (exact) mass is 454 g/mol. The zero-order valence-electron chi connectivity index (χ0n) is 18.9. The standard InChI is InChI=1S/C25H22N6O3/c1-15-11-18(5-4-10-26)12-16(2)22(15)30-23-21(24(32)33)20(14-34-3)29-25(31-23)28-19-8-6-17(13-27)7-9-19/h4-9,11-12H,14H2,1-3H3,(H,32,33)(H2,28,29,30,31). The van der Waals surface area contributed by atoms with Crippen molar-refractivity contribution in [1.29, 1.82) is 10.5 Å². The van der Waals surface area contributed by atoms with E-state index >= 15 is 0 Å². The van der Waals surface area contributed by atoms with Crippen molar-refractivity contribution in [1.82, 2.24) is 9.97 Å². The minimum Gasteiger partial charge on any atom is -0.477 e. The Hall–Kier alpha value is -4.73. The molecule has 9 heteroatoms. The molecule has 0 saturated carbocycles. The van der Waals surface area contributed by atoms with Gasteiger partial charge in [0.25, 0.3) is 0 Å². The maximum Gasteiger partial charge on any atom is 0.341 e. The molecule has 9 nitrogen and oxygen atoms in total. The fraction of sp³-hybridized carbons (Fsp3) is 0.160. The summed E-state index contributed by atoms with van der Waals surface area (Å²) in [6, 6.07) is 14.5. The molecular weight excluding hydrogens is 432 g/mol. The normalized spacial score (nSPS) is 10.5. The van der Waals surface area contributed by atoms with Crippen LogP contribution in [0.15, 0.2) is 42.5 Å². The van der Waals surface area contributed by atoms with Crippen LogP contribution in [0.3, 0.4) is 0 Å². The van der Waals surface area contributed by atoms with Gasteiger partial charge in [-0.2, -0.15) is 15.5 Å². The molecule has 0 atom stereocenters. The third-order valence-corrected chi connectivity index (χ3v) is 4.90. The van der Waals surface area contributed by atoms with Gasteiger partial charge in [-0.25, -0.2) is 9.78 Å². The van der Waals surface area contributed by atoms with E-state index in [4.69, 9.17) is 15.3 Å². The van der Waals surface area contributed by atoms with Crippen LogP contribution >= 0.6 is 0 Å². The van der Waals surface area contributed by atoms with Gasteiger partial charge in [0.15, 0.2) is 5.82 Å². The number of hydrogen-bond acceptors (Lipinski definition) is 8. The van der Waals surface area contributed by atoms with E-state index in [1.807, 2.05) is 32.0 Å². The number of allylic oxidation sites excluding steroid dienone is 1. The number of aromatic carboxylic acids is 1. The summed E-state index contributed by atoms with van der Waals surface area (Å²) in [4.78, 5) is 20.9. The third kappa shape index (κ3) is 5.54. The second-order valence-electron chi connectivity index (χ2n) is 7.39. The molecule has 1 heterocycles. The first-order valence-corrected chi connectivity index (χ1v) is 10.2. The third-order valence-electron chi connectivity index (χ3n) is 4.90. The SMILES string of the molecule is COCc1nc(Nc2ccc(C#N)cc2)nc(Nc2c(C)cc(C=CC#N)cc2C)c1C(=O)O. The number of aryl methyl sites for hydroxylation is 2. The predicted octanol–water partition coefficient (Wildman–Crippen LogP) is 4.83. The van der Waals surface area contributed by atoms with Crippen LogP contribution in [0.1, 0.15) is 38.3 Å². The van der Waals surface area contributed by atoms with Crippen LogP contribution in [0.25, 0.3) is 6.08 Å². The molecular formula is C25H22N6O3. The highest BCUT2D eigenvalue weighted by Gasteiger charge is 2.22. The molecule has 0 radical (unpaired) electrons. The zero-order valence-corrected chi connectivity index (χ0v) is 18.9. The molecule has 0 bridgehead atoms. The highest BCUT2D eigenvalue weighted by atomic mass is 16.5.